The number of halogens is 1. The molecule has 4 amide bonds. The average molecular weight is 448 g/mol. The molecule has 1 N–H and O–H groups in total. The normalized spacial score (nSPS) is 15.6. The summed E-state index contributed by atoms with van der Waals surface area (Å²) in [5.74, 6) is -0.827. The van der Waals surface area contributed by atoms with Crippen molar-refractivity contribution in [2.75, 3.05) is 17.3 Å². The molecule has 0 radical (unpaired) electrons. The van der Waals surface area contributed by atoms with Crippen molar-refractivity contribution in [3.8, 4) is 5.75 Å². The molecule has 0 bridgehead atoms. The van der Waals surface area contributed by atoms with Gasteiger partial charge in [-0.25, -0.2) is 14.1 Å². The summed E-state index contributed by atoms with van der Waals surface area (Å²) in [6, 6.07) is 13.8. The van der Waals surface area contributed by atoms with Gasteiger partial charge in [-0.15, -0.1) is 0 Å². The van der Waals surface area contributed by atoms with E-state index >= 15 is 0 Å². The van der Waals surface area contributed by atoms with Crippen LogP contribution in [0.25, 0.3) is 0 Å². The Morgan fingerprint density at radius 3 is 2.45 bits per heavy atom. The fourth-order valence-electron chi connectivity index (χ4n) is 3.59. The number of hydrogen-bond donors (Lipinski definition) is 1. The molecule has 3 aromatic rings. The van der Waals surface area contributed by atoms with Crippen LogP contribution in [0.2, 0.25) is 0 Å². The van der Waals surface area contributed by atoms with Crippen LogP contribution in [0.1, 0.15) is 12.0 Å². The Labute approximate surface area is 189 Å². The summed E-state index contributed by atoms with van der Waals surface area (Å²) in [6.07, 6.45) is 2.95. The van der Waals surface area contributed by atoms with Gasteiger partial charge in [-0.3, -0.25) is 14.6 Å². The zero-order chi connectivity index (χ0) is 23.4. The van der Waals surface area contributed by atoms with Gasteiger partial charge in [0.1, 0.15) is 17.6 Å². The molecule has 1 saturated heterocycles. The maximum Gasteiger partial charge on any atom is 0.332 e. The number of pyridine rings is 1. The molecule has 1 aliphatic rings. The molecule has 1 aromatic heterocycles. The smallest absolute Gasteiger partial charge is 0.332 e. The molecule has 9 heteroatoms. The maximum atomic E-state index is 13.3. The molecule has 8 nitrogen and oxygen atoms in total. The number of nitrogens with one attached hydrogen (secondary N) is 1. The fraction of sp³-hybridized carbons (Fsp3) is 0.167. The van der Waals surface area contributed by atoms with E-state index in [1.54, 1.807) is 48.8 Å². The van der Waals surface area contributed by atoms with Gasteiger partial charge in [-0.1, -0.05) is 6.07 Å². The maximum absolute atomic E-state index is 13.3. The van der Waals surface area contributed by atoms with Gasteiger partial charge >= 0.3 is 6.03 Å². The number of methoxy groups -OCH3 is 1. The minimum absolute atomic E-state index is 0.111. The highest BCUT2D eigenvalue weighted by atomic mass is 19.1. The second-order valence-electron chi connectivity index (χ2n) is 7.42. The molecule has 2 aromatic carbocycles. The Balaban J connectivity index is 1.59. The van der Waals surface area contributed by atoms with Crippen molar-refractivity contribution < 1.29 is 23.5 Å². The summed E-state index contributed by atoms with van der Waals surface area (Å²) in [7, 11) is 1.52. The van der Waals surface area contributed by atoms with Crippen molar-refractivity contribution in [2.45, 2.75) is 19.0 Å². The van der Waals surface area contributed by atoms with Gasteiger partial charge in [0.2, 0.25) is 5.91 Å². The monoisotopic (exact) mass is 448 g/mol. The molecule has 0 unspecified atom stereocenters. The number of rotatable bonds is 7. The first-order valence-corrected chi connectivity index (χ1v) is 10.2. The van der Waals surface area contributed by atoms with E-state index in [1.165, 1.54) is 36.3 Å². The van der Waals surface area contributed by atoms with E-state index in [1.807, 2.05) is 0 Å². The van der Waals surface area contributed by atoms with E-state index in [2.05, 4.69) is 10.3 Å². The molecule has 1 atom stereocenters. The molecule has 2 heterocycles. The number of anilines is 2. The molecule has 0 aliphatic carbocycles. The predicted octanol–water partition coefficient (Wildman–Crippen LogP) is 3.60. The van der Waals surface area contributed by atoms with Crippen LogP contribution in [0, 0.1) is 5.82 Å². The van der Waals surface area contributed by atoms with Crippen LogP contribution in [0.4, 0.5) is 20.6 Å². The van der Waals surface area contributed by atoms with Crippen molar-refractivity contribution in [2.24, 2.45) is 0 Å². The molecule has 33 heavy (non-hydrogen) atoms. The summed E-state index contributed by atoms with van der Waals surface area (Å²) in [4.78, 5) is 45.7. The molecule has 1 fully saturated rings. The summed E-state index contributed by atoms with van der Waals surface area (Å²) in [6.45, 7) is 0.111. The Morgan fingerprint density at radius 1 is 1.09 bits per heavy atom. The molecular formula is C24H21FN4O4. The quantitative estimate of drug-likeness (QED) is 0.558. The third-order valence-corrected chi connectivity index (χ3v) is 5.23. The lowest BCUT2D eigenvalue weighted by molar-refractivity contribution is -0.124. The molecule has 168 valence electrons. The number of imide groups is 1. The highest BCUT2D eigenvalue weighted by molar-refractivity contribution is 6.22. The van der Waals surface area contributed by atoms with E-state index in [9.17, 15) is 18.8 Å². The number of nitrogens with zero attached hydrogens (tertiary/aromatic N) is 3. The number of hydrogen-bond acceptors (Lipinski definition) is 5. The molecule has 1 aliphatic heterocycles. The first-order valence-electron chi connectivity index (χ1n) is 10.2. The number of benzene rings is 2. The van der Waals surface area contributed by atoms with Gasteiger partial charge in [0.15, 0.2) is 0 Å². The minimum atomic E-state index is -1.01. The third kappa shape index (κ3) is 4.82. The number of urea groups is 1. The van der Waals surface area contributed by atoms with E-state index < -0.39 is 29.7 Å². The largest absolute Gasteiger partial charge is 0.497 e. The van der Waals surface area contributed by atoms with E-state index in [0.717, 1.165) is 10.5 Å². The Kier molecular flexibility index (Phi) is 6.30. The van der Waals surface area contributed by atoms with Gasteiger partial charge < -0.3 is 15.0 Å². The van der Waals surface area contributed by atoms with E-state index in [0.29, 0.717) is 17.1 Å². The lowest BCUT2D eigenvalue weighted by atomic mass is 10.1. The minimum Gasteiger partial charge on any atom is -0.497 e. The number of carbonyl (C=O) groups excluding carboxylic acids is 3. The topological polar surface area (TPSA) is 91.8 Å². The van der Waals surface area contributed by atoms with Crippen LogP contribution in [-0.2, 0) is 16.1 Å². The first-order chi connectivity index (χ1) is 16.0. The van der Waals surface area contributed by atoms with Crippen molar-refractivity contribution in [3.05, 3.63) is 84.4 Å². The fourth-order valence-corrected chi connectivity index (χ4v) is 3.59. The molecule has 0 saturated carbocycles. The summed E-state index contributed by atoms with van der Waals surface area (Å²) in [5, 5.41) is 2.64. The SMILES string of the molecule is COc1ccc(N2C(=O)[C@H](CC(=O)Nc3ccc(F)cc3)N(Cc3cccnc3)C2=O)cc1. The lowest BCUT2D eigenvalue weighted by Crippen LogP contribution is -2.37. The predicted molar refractivity (Wildman–Crippen MR) is 119 cm³/mol. The second kappa shape index (κ2) is 9.47. The van der Waals surface area contributed by atoms with E-state index in [4.69, 9.17) is 4.74 Å². The molecular weight excluding hydrogens is 427 g/mol. The highest BCUT2D eigenvalue weighted by Crippen LogP contribution is 2.29. The average Bonchev–Trinajstić information content (AvgIpc) is 3.05. The van der Waals surface area contributed by atoms with Crippen LogP contribution < -0.4 is 15.0 Å². The lowest BCUT2D eigenvalue weighted by Gasteiger charge is -2.21. The van der Waals surface area contributed by atoms with Crippen LogP contribution >= 0.6 is 0 Å². The van der Waals surface area contributed by atoms with Crippen LogP contribution in [0.3, 0.4) is 0 Å². The standard InChI is InChI=1S/C24H21FN4O4/c1-33-20-10-8-19(9-11-20)29-23(31)21(13-22(30)27-18-6-4-17(25)5-7-18)28(24(29)32)15-16-3-2-12-26-14-16/h2-12,14,21H,13,15H2,1H3,(H,27,30)/t21-/m0/s1. The van der Waals surface area contributed by atoms with Gasteiger partial charge in [-0.2, -0.15) is 0 Å². The van der Waals surface area contributed by atoms with E-state index in [-0.39, 0.29) is 13.0 Å². The zero-order valence-electron chi connectivity index (χ0n) is 17.8. The molecule has 0 spiro atoms. The Bertz CT molecular complexity index is 1150. The van der Waals surface area contributed by atoms with Crippen molar-refractivity contribution in [3.63, 3.8) is 0 Å². The third-order valence-electron chi connectivity index (χ3n) is 5.23. The summed E-state index contributed by atoms with van der Waals surface area (Å²) in [5.41, 5.74) is 1.49. The Morgan fingerprint density at radius 2 is 1.82 bits per heavy atom. The van der Waals surface area contributed by atoms with Crippen LogP contribution in [0.5, 0.6) is 5.75 Å². The van der Waals surface area contributed by atoms with Crippen LogP contribution in [-0.4, -0.2) is 40.9 Å². The second-order valence-corrected chi connectivity index (χ2v) is 7.42. The number of aromatic nitrogens is 1. The zero-order valence-corrected chi connectivity index (χ0v) is 17.8. The highest BCUT2D eigenvalue weighted by Gasteiger charge is 2.46. The summed E-state index contributed by atoms with van der Waals surface area (Å²) >= 11 is 0. The van der Waals surface area contributed by atoms with Crippen molar-refractivity contribution >= 4 is 29.2 Å². The number of ether oxygens (including phenoxy) is 1. The van der Waals surface area contributed by atoms with Gasteiger partial charge in [0.25, 0.3) is 5.91 Å². The Hall–Kier alpha value is -4.27. The van der Waals surface area contributed by atoms with Gasteiger partial charge in [-0.05, 0) is 60.2 Å². The van der Waals surface area contributed by atoms with Gasteiger partial charge in [0, 0.05) is 24.6 Å². The number of carbonyl (C=O) groups is 3. The summed E-state index contributed by atoms with van der Waals surface area (Å²) < 4.78 is 18.3. The first kappa shape index (κ1) is 21.9. The molecule has 4 rings (SSSR count). The van der Waals surface area contributed by atoms with Crippen molar-refractivity contribution in [1.29, 1.82) is 0 Å². The van der Waals surface area contributed by atoms with Crippen molar-refractivity contribution in [1.82, 2.24) is 9.88 Å². The van der Waals surface area contributed by atoms with Crippen LogP contribution in [0.15, 0.2) is 73.1 Å². The van der Waals surface area contributed by atoms with Gasteiger partial charge in [0.05, 0.1) is 19.2 Å². The number of amides is 4.